The van der Waals surface area contributed by atoms with Crippen LogP contribution in [0.2, 0.25) is 10.0 Å². The van der Waals surface area contributed by atoms with Crippen molar-refractivity contribution < 1.29 is 4.42 Å². The molecule has 0 unspecified atom stereocenters. The van der Waals surface area contributed by atoms with Crippen LogP contribution in [0.4, 0.5) is 0 Å². The SMILES string of the molecule is O=c1/c(=C\c2ccc(-c3c(Cl)cccc3Cl)o2)sc2n1CCN=2. The van der Waals surface area contributed by atoms with Crippen molar-refractivity contribution >= 4 is 40.6 Å². The standard InChI is InChI=1S/C16H10Cl2N2O2S/c17-10-2-1-3-11(18)14(10)12-5-4-9(22-12)8-13-15(21)20-7-6-19-16(20)23-13/h1-5,8H,6-7H2/b13-8+. The van der Waals surface area contributed by atoms with Gasteiger partial charge in [0.25, 0.3) is 5.56 Å². The van der Waals surface area contributed by atoms with E-state index in [4.69, 9.17) is 27.6 Å². The molecule has 3 aromatic rings. The van der Waals surface area contributed by atoms with Gasteiger partial charge in [-0.1, -0.05) is 40.6 Å². The van der Waals surface area contributed by atoms with Crippen molar-refractivity contribution in [1.29, 1.82) is 0 Å². The fraction of sp³-hybridized carbons (Fsp3) is 0.125. The molecule has 0 radical (unpaired) electrons. The van der Waals surface area contributed by atoms with Crippen LogP contribution in [0.15, 0.2) is 44.5 Å². The van der Waals surface area contributed by atoms with Crippen LogP contribution in [0, 0.1) is 0 Å². The number of aromatic nitrogens is 1. The number of hydrogen-bond donors (Lipinski definition) is 0. The topological polar surface area (TPSA) is 47.5 Å². The van der Waals surface area contributed by atoms with E-state index >= 15 is 0 Å². The Kier molecular flexibility index (Phi) is 3.64. The number of nitrogens with zero attached hydrogens (tertiary/aromatic N) is 2. The Morgan fingerprint density at radius 2 is 2.00 bits per heavy atom. The summed E-state index contributed by atoms with van der Waals surface area (Å²) in [6, 6.07) is 8.88. The minimum Gasteiger partial charge on any atom is -0.457 e. The average Bonchev–Trinajstić information content (AvgIpc) is 3.20. The third kappa shape index (κ3) is 2.55. The highest BCUT2D eigenvalue weighted by Gasteiger charge is 2.13. The molecule has 0 saturated heterocycles. The largest absolute Gasteiger partial charge is 0.457 e. The van der Waals surface area contributed by atoms with Gasteiger partial charge >= 0.3 is 0 Å². The second kappa shape index (κ2) is 5.67. The summed E-state index contributed by atoms with van der Waals surface area (Å²) in [4.78, 5) is 17.3. The first-order valence-electron chi connectivity index (χ1n) is 6.93. The maximum atomic E-state index is 12.2. The van der Waals surface area contributed by atoms with Gasteiger partial charge in [0, 0.05) is 12.6 Å². The summed E-state index contributed by atoms with van der Waals surface area (Å²) >= 11 is 13.8. The molecule has 1 aliphatic heterocycles. The van der Waals surface area contributed by atoms with E-state index in [0.717, 1.165) is 4.80 Å². The van der Waals surface area contributed by atoms with Crippen LogP contribution in [0.25, 0.3) is 17.4 Å². The molecule has 0 saturated carbocycles. The fourth-order valence-corrected chi connectivity index (χ4v) is 4.09. The molecule has 0 spiro atoms. The molecule has 0 fully saturated rings. The van der Waals surface area contributed by atoms with E-state index in [1.54, 1.807) is 41.0 Å². The Bertz CT molecular complexity index is 1060. The highest BCUT2D eigenvalue weighted by Crippen LogP contribution is 2.35. The van der Waals surface area contributed by atoms with Crippen LogP contribution < -0.4 is 14.9 Å². The number of hydrogen-bond acceptors (Lipinski definition) is 4. The van der Waals surface area contributed by atoms with Crippen LogP contribution in [0.5, 0.6) is 0 Å². The lowest BCUT2D eigenvalue weighted by molar-refractivity contribution is 0.571. The van der Waals surface area contributed by atoms with Crippen molar-refractivity contribution in [2.24, 2.45) is 4.99 Å². The Hall–Kier alpha value is -1.82. The van der Waals surface area contributed by atoms with E-state index in [-0.39, 0.29) is 5.56 Å². The van der Waals surface area contributed by atoms with E-state index < -0.39 is 0 Å². The first-order chi connectivity index (χ1) is 11.1. The molecule has 0 aliphatic carbocycles. The molecule has 7 heteroatoms. The summed E-state index contributed by atoms with van der Waals surface area (Å²) in [5.41, 5.74) is 0.621. The van der Waals surface area contributed by atoms with Gasteiger partial charge in [0.05, 0.1) is 26.7 Å². The Morgan fingerprint density at radius 1 is 1.22 bits per heavy atom. The normalized spacial score (nSPS) is 14.1. The van der Waals surface area contributed by atoms with Crippen molar-refractivity contribution in [2.75, 3.05) is 6.54 Å². The summed E-state index contributed by atoms with van der Waals surface area (Å²) in [5.74, 6) is 1.15. The highest BCUT2D eigenvalue weighted by atomic mass is 35.5. The van der Waals surface area contributed by atoms with Gasteiger partial charge in [0.1, 0.15) is 11.5 Å². The van der Waals surface area contributed by atoms with Gasteiger partial charge in [-0.25, -0.2) is 0 Å². The minimum absolute atomic E-state index is 0.0278. The molecule has 0 N–H and O–H groups in total. The molecule has 23 heavy (non-hydrogen) atoms. The predicted molar refractivity (Wildman–Crippen MR) is 92.0 cm³/mol. The van der Waals surface area contributed by atoms with Crippen LogP contribution in [-0.2, 0) is 6.54 Å². The van der Waals surface area contributed by atoms with Crippen molar-refractivity contribution in [3.63, 3.8) is 0 Å². The third-order valence-corrected chi connectivity index (χ3v) is 5.24. The van der Waals surface area contributed by atoms with Crippen molar-refractivity contribution in [3.8, 4) is 11.3 Å². The first kappa shape index (κ1) is 14.8. The summed E-state index contributed by atoms with van der Waals surface area (Å²) in [6.07, 6.45) is 1.72. The molecular weight excluding hydrogens is 355 g/mol. The van der Waals surface area contributed by atoms with Crippen molar-refractivity contribution in [3.05, 3.63) is 65.8 Å². The first-order valence-corrected chi connectivity index (χ1v) is 8.51. The predicted octanol–water partition coefficient (Wildman–Crippen LogP) is 2.94. The minimum atomic E-state index is -0.0278. The van der Waals surface area contributed by atoms with Crippen LogP contribution >= 0.6 is 34.5 Å². The van der Waals surface area contributed by atoms with Crippen LogP contribution in [-0.4, -0.2) is 11.1 Å². The Balaban J connectivity index is 1.81. The third-order valence-electron chi connectivity index (χ3n) is 3.57. The fourth-order valence-electron chi connectivity index (χ4n) is 2.50. The molecule has 2 aromatic heterocycles. The maximum Gasteiger partial charge on any atom is 0.270 e. The lowest BCUT2D eigenvalue weighted by Gasteiger charge is -2.02. The molecular formula is C16H10Cl2N2O2S. The number of thiazole rings is 1. The zero-order chi connectivity index (χ0) is 16.0. The molecule has 4 rings (SSSR count). The second-order valence-corrected chi connectivity index (χ2v) is 6.85. The van der Waals surface area contributed by atoms with E-state index in [9.17, 15) is 4.79 Å². The number of fused-ring (bicyclic) bond motifs is 1. The van der Waals surface area contributed by atoms with Gasteiger partial charge in [-0.15, -0.1) is 0 Å². The van der Waals surface area contributed by atoms with Gasteiger partial charge in [-0.2, -0.15) is 0 Å². The molecule has 0 amide bonds. The monoisotopic (exact) mass is 364 g/mol. The number of halogens is 2. The Morgan fingerprint density at radius 3 is 2.74 bits per heavy atom. The quantitative estimate of drug-likeness (QED) is 0.701. The van der Waals surface area contributed by atoms with Crippen molar-refractivity contribution in [2.45, 2.75) is 6.54 Å². The smallest absolute Gasteiger partial charge is 0.270 e. The number of rotatable bonds is 2. The molecule has 0 atom stereocenters. The second-order valence-electron chi connectivity index (χ2n) is 5.03. The van der Waals surface area contributed by atoms with Gasteiger partial charge in [0.2, 0.25) is 0 Å². The lowest BCUT2D eigenvalue weighted by atomic mass is 10.2. The molecule has 4 nitrogen and oxygen atoms in total. The molecule has 116 valence electrons. The van der Waals surface area contributed by atoms with E-state index in [1.165, 1.54) is 11.3 Å². The van der Waals surface area contributed by atoms with Gasteiger partial charge in [-0.05, 0) is 24.3 Å². The summed E-state index contributed by atoms with van der Waals surface area (Å²) in [6.45, 7) is 1.33. The van der Waals surface area contributed by atoms with E-state index in [0.29, 0.717) is 44.8 Å². The maximum absolute atomic E-state index is 12.2. The van der Waals surface area contributed by atoms with E-state index in [2.05, 4.69) is 4.99 Å². The Labute approximate surface area is 144 Å². The molecule has 1 aromatic carbocycles. The highest BCUT2D eigenvalue weighted by molar-refractivity contribution is 7.07. The average molecular weight is 365 g/mol. The molecule has 3 heterocycles. The summed E-state index contributed by atoms with van der Waals surface area (Å²) in [7, 11) is 0. The van der Waals surface area contributed by atoms with Gasteiger partial charge < -0.3 is 4.42 Å². The van der Waals surface area contributed by atoms with Crippen molar-refractivity contribution in [1.82, 2.24) is 4.57 Å². The number of furan rings is 1. The molecule has 0 bridgehead atoms. The molecule has 1 aliphatic rings. The number of benzene rings is 1. The lowest BCUT2D eigenvalue weighted by Crippen LogP contribution is -2.29. The van der Waals surface area contributed by atoms with Crippen LogP contribution in [0.3, 0.4) is 0 Å². The summed E-state index contributed by atoms with van der Waals surface area (Å²) in [5, 5.41) is 1.04. The van der Waals surface area contributed by atoms with Gasteiger partial charge in [-0.3, -0.25) is 14.4 Å². The van der Waals surface area contributed by atoms with E-state index in [1.807, 2.05) is 0 Å². The zero-order valence-corrected chi connectivity index (χ0v) is 14.1. The zero-order valence-electron chi connectivity index (χ0n) is 11.8. The van der Waals surface area contributed by atoms with Gasteiger partial charge in [0.15, 0.2) is 4.80 Å². The van der Waals surface area contributed by atoms with Crippen LogP contribution in [0.1, 0.15) is 5.76 Å². The summed E-state index contributed by atoms with van der Waals surface area (Å²) < 4.78 is 8.09.